The van der Waals surface area contributed by atoms with Gasteiger partial charge in [0.2, 0.25) is 5.91 Å². The molecule has 2 aromatic carbocycles. The Morgan fingerprint density at radius 3 is 2.56 bits per heavy atom. The zero-order chi connectivity index (χ0) is 18.2. The Kier molecular flexibility index (Phi) is 5.93. The predicted octanol–water partition coefficient (Wildman–Crippen LogP) is 2.02. The number of nitrogens with zero attached hydrogens (tertiary/aromatic N) is 1. The summed E-state index contributed by atoms with van der Waals surface area (Å²) in [5.74, 6) is 8.72. The maximum Gasteiger partial charge on any atom is 0.358 e. The molecule has 0 bridgehead atoms. The number of para-hydroxylation sites is 1. The highest BCUT2D eigenvalue weighted by Gasteiger charge is 2.12. The highest BCUT2D eigenvalue weighted by atomic mass is 16.7. The van der Waals surface area contributed by atoms with E-state index in [1.807, 2.05) is 0 Å². The molecule has 9 heteroatoms. The molecule has 1 amide bonds. The number of hydrogen-bond acceptors (Lipinski definition) is 8. The van der Waals surface area contributed by atoms with Gasteiger partial charge in [-0.25, -0.2) is 4.79 Å². The van der Waals surface area contributed by atoms with Crippen molar-refractivity contribution in [3.05, 3.63) is 64.6 Å². The molecule has 0 saturated heterocycles. The van der Waals surface area contributed by atoms with E-state index in [9.17, 15) is 14.5 Å². The number of anilines is 1. The Morgan fingerprint density at radius 1 is 1.12 bits per heavy atom. The lowest BCUT2D eigenvalue weighted by atomic mass is 10.1. The Bertz CT molecular complexity index is 835. The molecule has 0 fully saturated rings. The minimum atomic E-state index is -0.776. The maximum atomic E-state index is 12.0. The van der Waals surface area contributed by atoms with E-state index < -0.39 is 11.9 Å². The van der Waals surface area contributed by atoms with E-state index in [-0.39, 0.29) is 22.7 Å². The first-order chi connectivity index (χ1) is 12.1. The van der Waals surface area contributed by atoms with Gasteiger partial charge in [0.25, 0.3) is 0 Å². The van der Waals surface area contributed by atoms with E-state index in [0.29, 0.717) is 5.56 Å². The SMILES string of the molecule is NOC(=O)c1ccccc1NC(=O)/C=C/c1ccc(N=O)c(ON)c1. The van der Waals surface area contributed by atoms with Crippen molar-refractivity contribution >= 4 is 29.3 Å². The largest absolute Gasteiger partial charge is 0.409 e. The van der Waals surface area contributed by atoms with E-state index in [4.69, 9.17) is 11.8 Å². The van der Waals surface area contributed by atoms with Crippen LogP contribution in [-0.4, -0.2) is 11.9 Å². The number of hydrogen-bond donors (Lipinski definition) is 3. The van der Waals surface area contributed by atoms with Gasteiger partial charge < -0.3 is 15.0 Å². The lowest BCUT2D eigenvalue weighted by Crippen LogP contribution is -2.15. The van der Waals surface area contributed by atoms with E-state index in [1.54, 1.807) is 18.2 Å². The molecule has 0 radical (unpaired) electrons. The first-order valence-corrected chi connectivity index (χ1v) is 6.92. The lowest BCUT2D eigenvalue weighted by molar-refractivity contribution is -0.111. The highest BCUT2D eigenvalue weighted by Crippen LogP contribution is 2.28. The molecule has 9 nitrogen and oxygen atoms in total. The van der Waals surface area contributed by atoms with Crippen LogP contribution in [-0.2, 0) is 9.63 Å². The summed E-state index contributed by atoms with van der Waals surface area (Å²) in [5.41, 5.74) is 0.960. The van der Waals surface area contributed by atoms with Gasteiger partial charge in [-0.05, 0) is 41.1 Å². The number of nitrogens with one attached hydrogen (secondary N) is 1. The first kappa shape index (κ1) is 17.8. The molecule has 0 aliphatic carbocycles. The van der Waals surface area contributed by atoms with Gasteiger partial charge in [-0.3, -0.25) is 4.79 Å². The van der Waals surface area contributed by atoms with Crippen molar-refractivity contribution in [1.82, 2.24) is 0 Å². The monoisotopic (exact) mass is 342 g/mol. The van der Waals surface area contributed by atoms with Crippen LogP contribution < -0.4 is 21.9 Å². The highest BCUT2D eigenvalue weighted by molar-refractivity contribution is 6.06. The van der Waals surface area contributed by atoms with Crippen molar-refractivity contribution in [3.8, 4) is 5.75 Å². The van der Waals surface area contributed by atoms with Gasteiger partial charge in [-0.1, -0.05) is 18.2 Å². The second-order valence-electron chi connectivity index (χ2n) is 4.71. The summed E-state index contributed by atoms with van der Waals surface area (Å²) in [6.45, 7) is 0. The standard InChI is InChI=1S/C16H14N4O5/c17-24-14-9-10(5-7-13(14)20-23)6-8-15(21)19-12-4-2-1-3-11(12)16(22)25-18/h1-9H,17-18H2,(H,19,21)/b8-6+. The van der Waals surface area contributed by atoms with Crippen LogP contribution in [0.3, 0.4) is 0 Å². The molecular weight excluding hydrogens is 328 g/mol. The van der Waals surface area contributed by atoms with E-state index >= 15 is 0 Å². The number of rotatable bonds is 6. The number of carbonyl (C=O) groups is 2. The first-order valence-electron chi connectivity index (χ1n) is 6.92. The van der Waals surface area contributed by atoms with Gasteiger partial charge in [-0.2, -0.15) is 11.8 Å². The van der Waals surface area contributed by atoms with E-state index in [2.05, 4.69) is 20.2 Å². The molecule has 0 aliphatic rings. The molecule has 0 unspecified atom stereocenters. The summed E-state index contributed by atoms with van der Waals surface area (Å²) < 4.78 is 0. The molecule has 25 heavy (non-hydrogen) atoms. The molecule has 0 aliphatic heterocycles. The van der Waals surface area contributed by atoms with E-state index in [1.165, 1.54) is 36.4 Å². The molecular formula is C16H14N4O5. The van der Waals surface area contributed by atoms with Crippen LogP contribution in [0.2, 0.25) is 0 Å². The molecule has 0 saturated carbocycles. The Balaban J connectivity index is 2.14. The second kappa shape index (κ2) is 8.34. The molecule has 0 aromatic heterocycles. The third-order valence-corrected chi connectivity index (χ3v) is 3.15. The van der Waals surface area contributed by atoms with Crippen molar-refractivity contribution in [2.75, 3.05) is 5.32 Å². The van der Waals surface area contributed by atoms with Crippen LogP contribution in [0.25, 0.3) is 6.08 Å². The summed E-state index contributed by atoms with van der Waals surface area (Å²) in [5, 5.41) is 5.30. The van der Waals surface area contributed by atoms with Crippen molar-refractivity contribution in [2.24, 2.45) is 17.0 Å². The van der Waals surface area contributed by atoms with Crippen LogP contribution >= 0.6 is 0 Å². The van der Waals surface area contributed by atoms with Gasteiger partial charge in [0.1, 0.15) is 0 Å². The lowest BCUT2D eigenvalue weighted by Gasteiger charge is -2.07. The van der Waals surface area contributed by atoms with Crippen LogP contribution in [0, 0.1) is 4.91 Å². The van der Waals surface area contributed by atoms with Gasteiger partial charge in [0.15, 0.2) is 11.4 Å². The predicted molar refractivity (Wildman–Crippen MR) is 90.4 cm³/mol. The fourth-order valence-corrected chi connectivity index (χ4v) is 1.98. The van der Waals surface area contributed by atoms with Crippen LogP contribution in [0.5, 0.6) is 5.75 Å². The number of amides is 1. The van der Waals surface area contributed by atoms with Crippen molar-refractivity contribution in [3.63, 3.8) is 0 Å². The number of carbonyl (C=O) groups excluding carboxylic acids is 2. The minimum Gasteiger partial charge on any atom is -0.409 e. The van der Waals surface area contributed by atoms with Crippen molar-refractivity contribution < 1.29 is 19.3 Å². The summed E-state index contributed by atoms with van der Waals surface area (Å²) in [6, 6.07) is 10.6. The Morgan fingerprint density at radius 2 is 1.88 bits per heavy atom. The normalized spacial score (nSPS) is 10.3. The third-order valence-electron chi connectivity index (χ3n) is 3.15. The fourth-order valence-electron chi connectivity index (χ4n) is 1.98. The third kappa shape index (κ3) is 4.47. The zero-order valence-corrected chi connectivity index (χ0v) is 12.8. The average Bonchev–Trinajstić information content (AvgIpc) is 2.65. The Labute approximate surface area is 142 Å². The maximum absolute atomic E-state index is 12.0. The van der Waals surface area contributed by atoms with Crippen molar-refractivity contribution in [2.45, 2.75) is 0 Å². The summed E-state index contributed by atoms with van der Waals surface area (Å²) in [6.07, 6.45) is 2.70. The second-order valence-corrected chi connectivity index (χ2v) is 4.71. The summed E-state index contributed by atoms with van der Waals surface area (Å²) in [7, 11) is 0. The number of benzene rings is 2. The summed E-state index contributed by atoms with van der Waals surface area (Å²) in [4.78, 5) is 42.8. The molecule has 0 heterocycles. The molecule has 5 N–H and O–H groups in total. The molecule has 128 valence electrons. The van der Waals surface area contributed by atoms with Gasteiger partial charge in [0.05, 0.1) is 11.3 Å². The quantitative estimate of drug-likeness (QED) is 0.413. The van der Waals surface area contributed by atoms with Crippen molar-refractivity contribution in [1.29, 1.82) is 0 Å². The zero-order valence-electron chi connectivity index (χ0n) is 12.8. The smallest absolute Gasteiger partial charge is 0.358 e. The molecule has 0 spiro atoms. The minimum absolute atomic E-state index is 0.0401. The Hall–Kier alpha value is -3.56. The number of nitroso groups, excluding NO2 is 1. The van der Waals surface area contributed by atoms with E-state index in [0.717, 1.165) is 0 Å². The van der Waals surface area contributed by atoms with Crippen LogP contribution in [0.15, 0.2) is 53.7 Å². The van der Waals surface area contributed by atoms with Gasteiger partial charge >= 0.3 is 5.97 Å². The number of nitrogens with two attached hydrogens (primary N) is 2. The van der Waals surface area contributed by atoms with Gasteiger partial charge in [-0.15, -0.1) is 4.91 Å². The topological polar surface area (TPSA) is 146 Å². The molecule has 0 atom stereocenters. The van der Waals surface area contributed by atoms with Gasteiger partial charge in [0, 0.05) is 6.08 Å². The van der Waals surface area contributed by atoms with Crippen LogP contribution in [0.4, 0.5) is 11.4 Å². The fraction of sp³-hybridized carbons (Fsp3) is 0. The van der Waals surface area contributed by atoms with Crippen LogP contribution in [0.1, 0.15) is 15.9 Å². The average molecular weight is 342 g/mol. The molecule has 2 aromatic rings. The molecule has 2 rings (SSSR count). The summed E-state index contributed by atoms with van der Waals surface area (Å²) >= 11 is 0.